The lowest BCUT2D eigenvalue weighted by Crippen LogP contribution is -2.39. The maximum Gasteiger partial charge on any atom is 0.126 e. The lowest BCUT2D eigenvalue weighted by Gasteiger charge is -2.38. The van der Waals surface area contributed by atoms with Crippen LogP contribution in [0.5, 0.6) is 5.75 Å². The van der Waals surface area contributed by atoms with Crippen molar-refractivity contribution in [3.63, 3.8) is 0 Å². The summed E-state index contributed by atoms with van der Waals surface area (Å²) in [6, 6.07) is 6.02. The summed E-state index contributed by atoms with van der Waals surface area (Å²) >= 11 is 0. The predicted octanol–water partition coefficient (Wildman–Crippen LogP) is 3.23. The van der Waals surface area contributed by atoms with E-state index in [1.54, 1.807) is 14.0 Å². The molecule has 3 atom stereocenters. The van der Waals surface area contributed by atoms with E-state index in [0.29, 0.717) is 11.8 Å². The van der Waals surface area contributed by atoms with Crippen molar-refractivity contribution in [3.05, 3.63) is 23.8 Å². The third-order valence-electron chi connectivity index (χ3n) is 3.89. The van der Waals surface area contributed by atoms with Crippen molar-refractivity contribution in [2.24, 2.45) is 11.8 Å². The molecule has 1 fully saturated rings. The minimum absolute atomic E-state index is 0.515. The van der Waals surface area contributed by atoms with Gasteiger partial charge in [-0.15, -0.1) is 0 Å². The van der Waals surface area contributed by atoms with Crippen LogP contribution in [0.4, 0.5) is 5.69 Å². The molecule has 1 aromatic carbocycles. The molecular formula is C16H25NO2. The van der Waals surface area contributed by atoms with Gasteiger partial charge in [0, 0.05) is 24.3 Å². The van der Waals surface area contributed by atoms with Crippen LogP contribution in [0.1, 0.15) is 38.9 Å². The number of ether oxygens (including phenoxy) is 1. The number of aliphatic hydroxyl groups excluding tert-OH is 1. The molecule has 1 heterocycles. The van der Waals surface area contributed by atoms with Crippen LogP contribution < -0.4 is 9.64 Å². The summed E-state index contributed by atoms with van der Waals surface area (Å²) in [6.45, 7) is 8.50. The van der Waals surface area contributed by atoms with E-state index in [2.05, 4.69) is 24.8 Å². The first kappa shape index (κ1) is 14.2. The highest BCUT2D eigenvalue weighted by Crippen LogP contribution is 2.37. The minimum Gasteiger partial charge on any atom is -0.496 e. The van der Waals surface area contributed by atoms with Gasteiger partial charge in [-0.25, -0.2) is 0 Å². The average molecular weight is 263 g/mol. The van der Waals surface area contributed by atoms with Gasteiger partial charge in [0.2, 0.25) is 0 Å². The molecule has 1 aliphatic heterocycles. The zero-order valence-electron chi connectivity index (χ0n) is 12.4. The fraction of sp³-hybridized carbons (Fsp3) is 0.625. The first-order valence-electron chi connectivity index (χ1n) is 7.12. The number of nitrogens with zero attached hydrogens (tertiary/aromatic N) is 1. The maximum absolute atomic E-state index is 10.1. The predicted molar refractivity (Wildman–Crippen MR) is 78.8 cm³/mol. The van der Waals surface area contributed by atoms with Gasteiger partial charge in [0.15, 0.2) is 0 Å². The van der Waals surface area contributed by atoms with Gasteiger partial charge in [-0.05, 0) is 37.3 Å². The van der Waals surface area contributed by atoms with Crippen molar-refractivity contribution >= 4 is 5.69 Å². The molecule has 1 aromatic rings. The van der Waals surface area contributed by atoms with Crippen molar-refractivity contribution < 1.29 is 9.84 Å². The van der Waals surface area contributed by atoms with E-state index in [0.717, 1.165) is 30.1 Å². The van der Waals surface area contributed by atoms with Gasteiger partial charge in [-0.1, -0.05) is 19.9 Å². The Morgan fingerprint density at radius 2 is 1.89 bits per heavy atom. The summed E-state index contributed by atoms with van der Waals surface area (Å²) in [6.07, 6.45) is 0.767. The summed E-state index contributed by atoms with van der Waals surface area (Å²) in [5.41, 5.74) is 2.03. The quantitative estimate of drug-likeness (QED) is 0.908. The third-order valence-corrected chi connectivity index (χ3v) is 3.89. The number of methoxy groups -OCH3 is 1. The number of anilines is 1. The SMILES string of the molecule is COc1cccc(N2CC(C)CC(C)C2)c1[C@@H](C)O. The van der Waals surface area contributed by atoms with Crippen molar-refractivity contribution in [1.82, 2.24) is 0 Å². The summed E-state index contributed by atoms with van der Waals surface area (Å²) < 4.78 is 5.41. The van der Waals surface area contributed by atoms with E-state index >= 15 is 0 Å². The lowest BCUT2D eigenvalue weighted by atomic mass is 9.90. The molecule has 0 amide bonds. The Morgan fingerprint density at radius 1 is 1.26 bits per heavy atom. The summed E-state index contributed by atoms with van der Waals surface area (Å²) in [4.78, 5) is 2.39. The zero-order valence-corrected chi connectivity index (χ0v) is 12.4. The topological polar surface area (TPSA) is 32.7 Å². The molecule has 2 unspecified atom stereocenters. The molecular weight excluding hydrogens is 238 g/mol. The molecule has 1 N–H and O–H groups in total. The number of hydrogen-bond donors (Lipinski definition) is 1. The molecule has 2 rings (SSSR count). The molecule has 3 heteroatoms. The maximum atomic E-state index is 10.1. The van der Waals surface area contributed by atoms with E-state index in [1.165, 1.54) is 6.42 Å². The Bertz CT molecular complexity index is 421. The molecule has 0 spiro atoms. The van der Waals surface area contributed by atoms with E-state index in [9.17, 15) is 5.11 Å². The summed E-state index contributed by atoms with van der Waals surface area (Å²) in [5, 5.41) is 10.1. The standard InChI is InChI=1S/C16H25NO2/c1-11-8-12(2)10-17(9-11)14-6-5-7-15(19-4)16(14)13(3)18/h5-7,11-13,18H,8-10H2,1-4H3/t11?,12?,13-/m1/s1. The molecule has 0 saturated carbocycles. The van der Waals surface area contributed by atoms with E-state index in [1.807, 2.05) is 12.1 Å². The van der Waals surface area contributed by atoms with Crippen molar-refractivity contribution in [2.45, 2.75) is 33.3 Å². The summed E-state index contributed by atoms with van der Waals surface area (Å²) in [5.74, 6) is 2.16. The Balaban J connectivity index is 2.38. The Labute approximate surface area is 116 Å². The number of hydrogen-bond acceptors (Lipinski definition) is 3. The number of benzene rings is 1. The number of aliphatic hydroxyl groups is 1. The van der Waals surface area contributed by atoms with Crippen molar-refractivity contribution in [3.8, 4) is 5.75 Å². The fourth-order valence-electron chi connectivity index (χ4n) is 3.27. The van der Waals surface area contributed by atoms with Crippen LogP contribution in [-0.2, 0) is 0 Å². The summed E-state index contributed by atoms with van der Waals surface area (Å²) in [7, 11) is 1.66. The van der Waals surface area contributed by atoms with Crippen LogP contribution in [0.25, 0.3) is 0 Å². The zero-order chi connectivity index (χ0) is 14.0. The second-order valence-corrected chi connectivity index (χ2v) is 5.92. The highest BCUT2D eigenvalue weighted by molar-refractivity contribution is 5.60. The van der Waals surface area contributed by atoms with Crippen LogP contribution in [0.3, 0.4) is 0 Å². The van der Waals surface area contributed by atoms with Crippen molar-refractivity contribution in [1.29, 1.82) is 0 Å². The van der Waals surface area contributed by atoms with E-state index in [-0.39, 0.29) is 0 Å². The van der Waals surface area contributed by atoms with Gasteiger partial charge >= 0.3 is 0 Å². The van der Waals surface area contributed by atoms with Gasteiger partial charge in [-0.3, -0.25) is 0 Å². The molecule has 0 aromatic heterocycles. The third kappa shape index (κ3) is 3.03. The van der Waals surface area contributed by atoms with Crippen LogP contribution in [-0.4, -0.2) is 25.3 Å². The second kappa shape index (κ2) is 5.83. The van der Waals surface area contributed by atoms with Gasteiger partial charge in [0.05, 0.1) is 13.2 Å². The number of piperidine rings is 1. The lowest BCUT2D eigenvalue weighted by molar-refractivity contribution is 0.194. The van der Waals surface area contributed by atoms with Crippen molar-refractivity contribution in [2.75, 3.05) is 25.1 Å². The van der Waals surface area contributed by atoms with E-state index in [4.69, 9.17) is 4.74 Å². The highest BCUT2D eigenvalue weighted by atomic mass is 16.5. The molecule has 106 valence electrons. The molecule has 0 radical (unpaired) electrons. The molecule has 3 nitrogen and oxygen atoms in total. The molecule has 1 saturated heterocycles. The second-order valence-electron chi connectivity index (χ2n) is 5.92. The Kier molecular flexibility index (Phi) is 4.35. The van der Waals surface area contributed by atoms with Gasteiger partial charge in [0.25, 0.3) is 0 Å². The molecule has 0 bridgehead atoms. The largest absolute Gasteiger partial charge is 0.496 e. The Morgan fingerprint density at radius 3 is 2.42 bits per heavy atom. The van der Waals surface area contributed by atoms with Crippen LogP contribution in [0.15, 0.2) is 18.2 Å². The first-order valence-corrected chi connectivity index (χ1v) is 7.12. The monoisotopic (exact) mass is 263 g/mol. The van der Waals surface area contributed by atoms with Crippen LogP contribution >= 0.6 is 0 Å². The van der Waals surface area contributed by atoms with Crippen LogP contribution in [0, 0.1) is 11.8 Å². The fourth-order valence-corrected chi connectivity index (χ4v) is 3.27. The molecule has 0 aliphatic carbocycles. The smallest absolute Gasteiger partial charge is 0.126 e. The minimum atomic E-state index is -0.515. The first-order chi connectivity index (χ1) is 9.02. The number of rotatable bonds is 3. The van der Waals surface area contributed by atoms with Crippen LogP contribution in [0.2, 0.25) is 0 Å². The molecule has 19 heavy (non-hydrogen) atoms. The Hall–Kier alpha value is -1.22. The highest BCUT2D eigenvalue weighted by Gasteiger charge is 2.25. The average Bonchev–Trinajstić information content (AvgIpc) is 2.36. The molecule has 1 aliphatic rings. The van der Waals surface area contributed by atoms with E-state index < -0.39 is 6.10 Å². The van der Waals surface area contributed by atoms with Gasteiger partial charge < -0.3 is 14.7 Å². The van der Waals surface area contributed by atoms with Gasteiger partial charge in [0.1, 0.15) is 5.75 Å². The normalized spacial score (nSPS) is 25.2. The van der Waals surface area contributed by atoms with Gasteiger partial charge in [-0.2, -0.15) is 0 Å².